The lowest BCUT2D eigenvalue weighted by Crippen LogP contribution is -1.95. The van der Waals surface area contributed by atoms with E-state index >= 15 is 0 Å². The lowest BCUT2D eigenvalue weighted by molar-refractivity contribution is -0.215. The maximum absolute atomic E-state index is 7.99. The van der Waals surface area contributed by atoms with Gasteiger partial charge in [-0.1, -0.05) is 5.92 Å². The first-order valence-corrected chi connectivity index (χ1v) is 3.00. The number of rotatable bonds is 2. The Morgan fingerprint density at radius 2 is 2.00 bits per heavy atom. The van der Waals surface area contributed by atoms with Crippen molar-refractivity contribution in [1.82, 2.24) is 0 Å². The van der Waals surface area contributed by atoms with Crippen molar-refractivity contribution in [2.75, 3.05) is 5.48 Å². The summed E-state index contributed by atoms with van der Waals surface area (Å²) in [5, 5.41) is 7.99. The monoisotopic (exact) mass is 149 g/mol. The molecule has 0 spiro atoms. The fourth-order valence-corrected chi connectivity index (χ4v) is 0.687. The molecule has 3 nitrogen and oxygen atoms in total. The fraction of sp³-hybridized carbons (Fsp3) is 0. The molecule has 0 radical (unpaired) electrons. The van der Waals surface area contributed by atoms with Crippen LogP contribution in [0.25, 0.3) is 0 Å². The third-order valence-corrected chi connectivity index (χ3v) is 1.22. The summed E-state index contributed by atoms with van der Waals surface area (Å²) >= 11 is 0. The smallest absolute Gasteiger partial charge is 0.0635 e. The maximum Gasteiger partial charge on any atom is 0.0635 e. The summed E-state index contributed by atoms with van der Waals surface area (Å²) in [5.74, 6) is 2.47. The molecule has 0 saturated heterocycles. The van der Waals surface area contributed by atoms with Gasteiger partial charge in [-0.3, -0.25) is 0 Å². The van der Waals surface area contributed by atoms with E-state index in [0.29, 0.717) is 5.69 Å². The third kappa shape index (κ3) is 1.97. The highest BCUT2D eigenvalue weighted by molar-refractivity contribution is 5.46. The normalized spacial score (nSPS) is 8.73. The number of nitrogens with one attached hydrogen (secondary N) is 1. The second-order valence-electron chi connectivity index (χ2n) is 1.92. The average molecular weight is 149 g/mol. The van der Waals surface area contributed by atoms with Crippen LogP contribution in [0.5, 0.6) is 0 Å². The summed E-state index contributed by atoms with van der Waals surface area (Å²) in [4.78, 5) is 3.70. The van der Waals surface area contributed by atoms with E-state index in [2.05, 4.69) is 16.4 Å². The van der Waals surface area contributed by atoms with Crippen molar-refractivity contribution < 1.29 is 10.2 Å². The van der Waals surface area contributed by atoms with E-state index < -0.39 is 0 Å². The molecule has 1 rings (SSSR count). The Bertz CT molecular complexity index is 260. The van der Waals surface area contributed by atoms with Gasteiger partial charge in [0.25, 0.3) is 0 Å². The molecule has 3 heteroatoms. The highest BCUT2D eigenvalue weighted by atomic mass is 17.2. The van der Waals surface area contributed by atoms with Gasteiger partial charge in [0.2, 0.25) is 0 Å². The van der Waals surface area contributed by atoms with E-state index in [-0.39, 0.29) is 0 Å². The minimum absolute atomic E-state index is 0.645. The molecule has 0 saturated carbocycles. The first kappa shape index (κ1) is 7.61. The lowest BCUT2D eigenvalue weighted by Gasteiger charge is -1.99. The first-order valence-electron chi connectivity index (χ1n) is 3.00. The van der Waals surface area contributed by atoms with Crippen molar-refractivity contribution >= 4 is 5.69 Å². The second kappa shape index (κ2) is 3.62. The van der Waals surface area contributed by atoms with Crippen molar-refractivity contribution in [1.29, 1.82) is 0 Å². The molecule has 0 bridgehead atoms. The van der Waals surface area contributed by atoms with Crippen LogP contribution >= 0.6 is 0 Å². The topological polar surface area (TPSA) is 41.5 Å². The summed E-state index contributed by atoms with van der Waals surface area (Å²) in [6.45, 7) is 0. The number of hydrogen-bond donors (Lipinski definition) is 2. The van der Waals surface area contributed by atoms with Gasteiger partial charge < -0.3 is 0 Å². The van der Waals surface area contributed by atoms with E-state index in [4.69, 9.17) is 11.7 Å². The summed E-state index contributed by atoms with van der Waals surface area (Å²) in [6, 6.07) is 6.87. The van der Waals surface area contributed by atoms with Crippen LogP contribution in [0.1, 0.15) is 5.56 Å². The lowest BCUT2D eigenvalue weighted by atomic mass is 10.2. The zero-order valence-corrected chi connectivity index (χ0v) is 5.74. The van der Waals surface area contributed by atoms with Crippen molar-refractivity contribution in [3.8, 4) is 12.3 Å². The average Bonchev–Trinajstić information content (AvgIpc) is 2.07. The Kier molecular flexibility index (Phi) is 2.50. The number of benzene rings is 1. The van der Waals surface area contributed by atoms with Gasteiger partial charge in [0.05, 0.1) is 5.69 Å². The second-order valence-corrected chi connectivity index (χ2v) is 1.92. The molecule has 0 atom stereocenters. The molecule has 0 heterocycles. The van der Waals surface area contributed by atoms with Crippen LogP contribution in [-0.4, -0.2) is 5.26 Å². The molecule has 1 aromatic carbocycles. The van der Waals surface area contributed by atoms with Gasteiger partial charge in [0.1, 0.15) is 0 Å². The summed E-state index contributed by atoms with van der Waals surface area (Å²) in [7, 11) is 0. The van der Waals surface area contributed by atoms with Crippen LogP contribution in [-0.2, 0) is 4.99 Å². The molecule has 0 aliphatic rings. The molecule has 0 aliphatic carbocycles. The molecular formula is C8H7NO2. The van der Waals surface area contributed by atoms with Gasteiger partial charge in [0, 0.05) is 5.56 Å². The minimum atomic E-state index is 0.645. The van der Waals surface area contributed by atoms with Gasteiger partial charge in [-0.25, -0.2) is 10.7 Å². The van der Waals surface area contributed by atoms with Crippen LogP contribution < -0.4 is 5.48 Å². The van der Waals surface area contributed by atoms with Crippen LogP contribution in [0, 0.1) is 12.3 Å². The highest BCUT2D eigenvalue weighted by Gasteiger charge is 1.89. The molecule has 0 aromatic heterocycles. The Balaban J connectivity index is 2.76. The van der Waals surface area contributed by atoms with Gasteiger partial charge in [-0.05, 0) is 24.3 Å². The van der Waals surface area contributed by atoms with Crippen molar-refractivity contribution in [3.63, 3.8) is 0 Å². The minimum Gasteiger partial charge on any atom is -0.236 e. The summed E-state index contributed by atoms with van der Waals surface area (Å²) in [5.41, 5.74) is 3.68. The quantitative estimate of drug-likeness (QED) is 0.380. The Morgan fingerprint density at radius 3 is 2.45 bits per heavy atom. The maximum atomic E-state index is 7.99. The first-order chi connectivity index (χ1) is 5.36. The zero-order chi connectivity index (χ0) is 8.10. The largest absolute Gasteiger partial charge is 0.236 e. The highest BCUT2D eigenvalue weighted by Crippen LogP contribution is 2.07. The number of anilines is 1. The van der Waals surface area contributed by atoms with E-state index in [9.17, 15) is 0 Å². The van der Waals surface area contributed by atoms with E-state index in [1.165, 1.54) is 0 Å². The molecule has 2 N–H and O–H groups in total. The SMILES string of the molecule is C#Cc1ccc(NOO)cc1. The van der Waals surface area contributed by atoms with Gasteiger partial charge in [-0.15, -0.1) is 11.4 Å². The number of hydrogen-bond acceptors (Lipinski definition) is 3. The summed E-state index contributed by atoms with van der Waals surface area (Å²) < 4.78 is 0. The van der Waals surface area contributed by atoms with Gasteiger partial charge in [0.15, 0.2) is 0 Å². The molecule has 11 heavy (non-hydrogen) atoms. The van der Waals surface area contributed by atoms with E-state index in [1.54, 1.807) is 24.3 Å². The van der Waals surface area contributed by atoms with Crippen LogP contribution in [0.3, 0.4) is 0 Å². The molecule has 0 unspecified atom stereocenters. The zero-order valence-electron chi connectivity index (χ0n) is 5.74. The standard InChI is InChI=1S/C8H7NO2/c1-2-7-3-5-8(6-4-7)9-11-10/h1,3-6,9-10H. The van der Waals surface area contributed by atoms with E-state index in [1.807, 2.05) is 0 Å². The van der Waals surface area contributed by atoms with Gasteiger partial charge in [-0.2, -0.15) is 0 Å². The van der Waals surface area contributed by atoms with Crippen LogP contribution in [0.2, 0.25) is 0 Å². The molecule has 0 fully saturated rings. The van der Waals surface area contributed by atoms with Crippen LogP contribution in [0.4, 0.5) is 5.69 Å². The van der Waals surface area contributed by atoms with Crippen LogP contribution in [0.15, 0.2) is 24.3 Å². The molecule has 56 valence electrons. The number of terminal acetylenes is 1. The Morgan fingerprint density at radius 1 is 1.36 bits per heavy atom. The molecule has 0 amide bonds. The molecule has 1 aromatic rings. The predicted molar refractivity (Wildman–Crippen MR) is 41.7 cm³/mol. The van der Waals surface area contributed by atoms with Gasteiger partial charge >= 0.3 is 0 Å². The van der Waals surface area contributed by atoms with Crippen molar-refractivity contribution in [3.05, 3.63) is 29.8 Å². The molecular weight excluding hydrogens is 142 g/mol. The van der Waals surface area contributed by atoms with E-state index in [0.717, 1.165) is 5.56 Å². The fourth-order valence-electron chi connectivity index (χ4n) is 0.687. The Labute approximate surface area is 64.5 Å². The Hall–Kier alpha value is -1.50. The van der Waals surface area contributed by atoms with Crippen molar-refractivity contribution in [2.45, 2.75) is 0 Å². The molecule has 0 aliphatic heterocycles. The third-order valence-electron chi connectivity index (χ3n) is 1.22. The predicted octanol–water partition coefficient (Wildman–Crippen LogP) is 1.48. The summed E-state index contributed by atoms with van der Waals surface area (Å²) in [6.07, 6.45) is 5.12. The van der Waals surface area contributed by atoms with Crippen molar-refractivity contribution in [2.24, 2.45) is 0 Å².